The summed E-state index contributed by atoms with van der Waals surface area (Å²) in [5.41, 5.74) is 0.210. The van der Waals surface area contributed by atoms with Crippen LogP contribution in [0.15, 0.2) is 24.5 Å². The van der Waals surface area contributed by atoms with Gasteiger partial charge in [-0.05, 0) is 31.0 Å². The molecule has 0 spiro atoms. The average Bonchev–Trinajstić information content (AvgIpc) is 2.41. The molecule has 2 heterocycles. The number of hydrogen-bond acceptors (Lipinski definition) is 5. The molecule has 0 bridgehead atoms. The standard InChI is InChI=1S/C13H18N2O5S/c1-13(20-8-12(16)17)9-15(10-13)21(18,19)7-4-11-2-5-14-6-3-11/h2-3,5-6H,4,7-10H2,1H3,(H,16,17). The van der Waals surface area contributed by atoms with Crippen LogP contribution in [-0.4, -0.2) is 59.8 Å². The number of sulfonamides is 1. The van der Waals surface area contributed by atoms with Crippen molar-refractivity contribution >= 4 is 16.0 Å². The van der Waals surface area contributed by atoms with Gasteiger partial charge in [-0.25, -0.2) is 13.2 Å². The monoisotopic (exact) mass is 314 g/mol. The van der Waals surface area contributed by atoms with Crippen molar-refractivity contribution in [3.63, 3.8) is 0 Å². The molecular formula is C13H18N2O5S. The first-order valence-corrected chi connectivity index (χ1v) is 8.14. The third-order valence-electron chi connectivity index (χ3n) is 3.36. The van der Waals surface area contributed by atoms with Crippen LogP contribution in [0.4, 0.5) is 0 Å². The van der Waals surface area contributed by atoms with Gasteiger partial charge in [-0.15, -0.1) is 0 Å². The lowest BCUT2D eigenvalue weighted by Crippen LogP contribution is -2.63. The molecule has 1 N–H and O–H groups in total. The van der Waals surface area contributed by atoms with Crippen LogP contribution in [0.1, 0.15) is 12.5 Å². The summed E-state index contributed by atoms with van der Waals surface area (Å²) in [5.74, 6) is -1.04. The zero-order valence-corrected chi connectivity index (χ0v) is 12.5. The molecule has 0 radical (unpaired) electrons. The number of carboxylic acid groups (broad SMARTS) is 1. The number of nitrogens with zero attached hydrogens (tertiary/aromatic N) is 2. The Kier molecular flexibility index (Phi) is 4.60. The minimum atomic E-state index is -3.35. The van der Waals surface area contributed by atoms with Crippen LogP contribution < -0.4 is 0 Å². The van der Waals surface area contributed by atoms with Crippen molar-refractivity contribution in [2.24, 2.45) is 0 Å². The van der Waals surface area contributed by atoms with Gasteiger partial charge in [0.2, 0.25) is 10.0 Å². The molecule has 0 aromatic carbocycles. The van der Waals surface area contributed by atoms with Crippen LogP contribution in [0.25, 0.3) is 0 Å². The topological polar surface area (TPSA) is 96.8 Å². The van der Waals surface area contributed by atoms with E-state index in [2.05, 4.69) is 4.98 Å². The van der Waals surface area contributed by atoms with Crippen molar-refractivity contribution in [2.75, 3.05) is 25.4 Å². The number of ether oxygens (including phenoxy) is 1. The van der Waals surface area contributed by atoms with Crippen LogP contribution >= 0.6 is 0 Å². The summed E-state index contributed by atoms with van der Waals surface area (Å²) < 4.78 is 30.8. The zero-order chi connectivity index (χ0) is 15.5. The molecule has 1 fully saturated rings. The second-order valence-electron chi connectivity index (χ2n) is 5.32. The van der Waals surface area contributed by atoms with E-state index in [9.17, 15) is 13.2 Å². The lowest BCUT2D eigenvalue weighted by atomic mass is 10.0. The Balaban J connectivity index is 1.84. The first-order valence-electron chi connectivity index (χ1n) is 6.53. The van der Waals surface area contributed by atoms with E-state index in [0.717, 1.165) is 5.56 Å². The molecule has 0 aliphatic carbocycles. The SMILES string of the molecule is CC1(OCC(=O)O)CN(S(=O)(=O)CCc2ccncc2)C1. The van der Waals surface area contributed by atoms with Gasteiger partial charge in [-0.3, -0.25) is 4.98 Å². The summed E-state index contributed by atoms with van der Waals surface area (Å²) in [5, 5.41) is 8.57. The summed E-state index contributed by atoms with van der Waals surface area (Å²) in [6, 6.07) is 3.57. The highest BCUT2D eigenvalue weighted by Crippen LogP contribution is 2.27. The normalized spacial score (nSPS) is 18.1. The van der Waals surface area contributed by atoms with Crippen molar-refractivity contribution < 1.29 is 23.1 Å². The number of rotatable bonds is 7. The van der Waals surface area contributed by atoms with Crippen molar-refractivity contribution in [2.45, 2.75) is 18.9 Å². The zero-order valence-electron chi connectivity index (χ0n) is 11.7. The minimum Gasteiger partial charge on any atom is -0.480 e. The minimum absolute atomic E-state index is 0.0199. The number of hydrogen-bond donors (Lipinski definition) is 1. The average molecular weight is 314 g/mol. The third-order valence-corrected chi connectivity index (χ3v) is 5.12. The molecule has 0 saturated carbocycles. The summed E-state index contributed by atoms with van der Waals surface area (Å²) in [7, 11) is -3.35. The first kappa shape index (κ1) is 15.9. The number of aromatic nitrogens is 1. The Bertz CT molecular complexity index is 596. The Morgan fingerprint density at radius 2 is 2.05 bits per heavy atom. The van der Waals surface area contributed by atoms with Crippen molar-refractivity contribution in [1.82, 2.24) is 9.29 Å². The summed E-state index contributed by atoms with van der Waals surface area (Å²) in [6.45, 7) is 1.68. The Morgan fingerprint density at radius 1 is 1.43 bits per heavy atom. The molecular weight excluding hydrogens is 296 g/mol. The van der Waals surface area contributed by atoms with Gasteiger partial charge in [0.15, 0.2) is 0 Å². The van der Waals surface area contributed by atoms with Crippen LogP contribution in [0, 0.1) is 0 Å². The maximum Gasteiger partial charge on any atom is 0.329 e. The Labute approximate surface area is 123 Å². The molecule has 1 aliphatic heterocycles. The second kappa shape index (κ2) is 6.08. The molecule has 0 amide bonds. The molecule has 1 aromatic heterocycles. The van der Waals surface area contributed by atoms with Gasteiger partial charge >= 0.3 is 5.97 Å². The molecule has 2 rings (SSSR count). The van der Waals surface area contributed by atoms with Crippen LogP contribution in [0.2, 0.25) is 0 Å². The maximum absolute atomic E-state index is 12.2. The lowest BCUT2D eigenvalue weighted by Gasteiger charge is -2.46. The van der Waals surface area contributed by atoms with E-state index in [1.807, 2.05) is 0 Å². The van der Waals surface area contributed by atoms with Gasteiger partial charge in [-0.1, -0.05) is 0 Å². The van der Waals surface area contributed by atoms with E-state index in [0.29, 0.717) is 6.42 Å². The van der Waals surface area contributed by atoms with Gasteiger partial charge in [0.1, 0.15) is 6.61 Å². The van der Waals surface area contributed by atoms with E-state index >= 15 is 0 Å². The van der Waals surface area contributed by atoms with Gasteiger partial charge in [0, 0.05) is 25.5 Å². The lowest BCUT2D eigenvalue weighted by molar-refractivity contribution is -0.157. The van der Waals surface area contributed by atoms with Gasteiger partial charge < -0.3 is 9.84 Å². The molecule has 0 unspecified atom stereocenters. The number of aliphatic carboxylic acids is 1. The number of aryl methyl sites for hydroxylation is 1. The quantitative estimate of drug-likeness (QED) is 0.768. The van der Waals surface area contributed by atoms with Gasteiger partial charge in [-0.2, -0.15) is 4.31 Å². The summed E-state index contributed by atoms with van der Waals surface area (Å²) >= 11 is 0. The fourth-order valence-electron chi connectivity index (χ4n) is 2.15. The predicted molar refractivity (Wildman–Crippen MR) is 75.3 cm³/mol. The molecule has 21 heavy (non-hydrogen) atoms. The number of pyridine rings is 1. The Morgan fingerprint density at radius 3 is 2.62 bits per heavy atom. The van der Waals surface area contributed by atoms with E-state index in [4.69, 9.17) is 9.84 Å². The van der Waals surface area contributed by atoms with E-state index in [1.54, 1.807) is 31.5 Å². The number of carbonyl (C=O) groups is 1. The first-order chi connectivity index (χ1) is 9.81. The van der Waals surface area contributed by atoms with E-state index in [-0.39, 0.29) is 18.8 Å². The highest BCUT2D eigenvalue weighted by atomic mass is 32.2. The summed E-state index contributed by atoms with van der Waals surface area (Å²) in [4.78, 5) is 14.3. The molecule has 1 aliphatic rings. The van der Waals surface area contributed by atoms with Crippen molar-refractivity contribution in [1.29, 1.82) is 0 Å². The predicted octanol–water partition coefficient (Wildman–Crippen LogP) is 0.129. The fourth-order valence-corrected chi connectivity index (χ4v) is 3.84. The largest absolute Gasteiger partial charge is 0.480 e. The van der Waals surface area contributed by atoms with Gasteiger partial charge in [0.05, 0.1) is 11.4 Å². The van der Waals surface area contributed by atoms with E-state index < -0.39 is 28.2 Å². The van der Waals surface area contributed by atoms with Crippen LogP contribution in [0.5, 0.6) is 0 Å². The third kappa shape index (κ3) is 4.23. The van der Waals surface area contributed by atoms with Crippen molar-refractivity contribution in [3.8, 4) is 0 Å². The van der Waals surface area contributed by atoms with Crippen LogP contribution in [0.3, 0.4) is 0 Å². The highest BCUT2D eigenvalue weighted by molar-refractivity contribution is 7.89. The van der Waals surface area contributed by atoms with Crippen molar-refractivity contribution in [3.05, 3.63) is 30.1 Å². The summed E-state index contributed by atoms with van der Waals surface area (Å²) in [6.07, 6.45) is 3.68. The molecule has 0 atom stereocenters. The Hall–Kier alpha value is -1.51. The smallest absolute Gasteiger partial charge is 0.329 e. The molecule has 1 saturated heterocycles. The second-order valence-corrected chi connectivity index (χ2v) is 7.41. The van der Waals surface area contributed by atoms with Crippen LogP contribution in [-0.2, 0) is 26.0 Å². The number of carboxylic acids is 1. The van der Waals surface area contributed by atoms with E-state index in [1.165, 1.54) is 4.31 Å². The fraction of sp³-hybridized carbons (Fsp3) is 0.538. The van der Waals surface area contributed by atoms with Gasteiger partial charge in [0.25, 0.3) is 0 Å². The molecule has 116 valence electrons. The highest BCUT2D eigenvalue weighted by Gasteiger charge is 2.45. The maximum atomic E-state index is 12.2. The molecule has 7 nitrogen and oxygen atoms in total. The molecule has 1 aromatic rings. The molecule has 8 heteroatoms.